The molecule has 0 saturated heterocycles. The Bertz CT molecular complexity index is 493. The lowest BCUT2D eigenvalue weighted by molar-refractivity contribution is -0.147. The second-order valence-electron chi connectivity index (χ2n) is 5.70. The van der Waals surface area contributed by atoms with Gasteiger partial charge in [-0.2, -0.15) is 0 Å². The van der Waals surface area contributed by atoms with Gasteiger partial charge in [0.25, 0.3) is 0 Å². The maximum Gasteiger partial charge on any atom is 0.344 e. The number of carbonyl (C=O) groups is 1. The van der Waals surface area contributed by atoms with Gasteiger partial charge in [-0.1, -0.05) is 37.8 Å². The Morgan fingerprint density at radius 2 is 1.72 bits per heavy atom. The summed E-state index contributed by atoms with van der Waals surface area (Å²) in [4.78, 5) is 11.6. The molecule has 0 saturated carbocycles. The van der Waals surface area contributed by atoms with E-state index in [4.69, 9.17) is 30.5 Å². The highest BCUT2D eigenvalue weighted by Crippen LogP contribution is 2.21. The maximum absolute atomic E-state index is 11.6. The molecule has 0 fully saturated rings. The Kier molecular flexibility index (Phi) is 12.1. The lowest BCUT2D eigenvalue weighted by Crippen LogP contribution is -2.18. The fourth-order valence-corrected chi connectivity index (χ4v) is 2.35. The van der Waals surface area contributed by atoms with Crippen LogP contribution in [0.1, 0.15) is 38.2 Å². The molecule has 0 atom stereocenters. The molecule has 1 aromatic carbocycles. The molecule has 6 heteroatoms. The Hall–Kier alpha value is -1.30. The average molecular weight is 373 g/mol. The zero-order chi connectivity index (χ0) is 18.3. The highest BCUT2D eigenvalue weighted by atomic mass is 35.5. The minimum Gasteiger partial charge on any atom is -0.482 e. The third kappa shape index (κ3) is 11.0. The van der Waals surface area contributed by atoms with Gasteiger partial charge in [0, 0.05) is 11.6 Å². The Morgan fingerprint density at radius 3 is 2.44 bits per heavy atom. The van der Waals surface area contributed by atoms with Crippen molar-refractivity contribution in [1.82, 2.24) is 0 Å². The summed E-state index contributed by atoms with van der Waals surface area (Å²) < 4.78 is 21.3. The number of rotatable bonds is 14. The van der Waals surface area contributed by atoms with E-state index >= 15 is 0 Å². The summed E-state index contributed by atoms with van der Waals surface area (Å²) in [5.74, 6) is 0.193. The van der Waals surface area contributed by atoms with E-state index in [9.17, 15) is 4.79 Å². The number of hydrogen-bond donors (Lipinski definition) is 0. The largest absolute Gasteiger partial charge is 0.482 e. The molecule has 0 amide bonds. The van der Waals surface area contributed by atoms with Crippen LogP contribution in [-0.2, 0) is 19.0 Å². The first kappa shape index (κ1) is 21.7. The van der Waals surface area contributed by atoms with Gasteiger partial charge in [0.05, 0.1) is 19.8 Å². The van der Waals surface area contributed by atoms with Gasteiger partial charge in [0.2, 0.25) is 0 Å². The van der Waals surface area contributed by atoms with E-state index in [0.29, 0.717) is 30.6 Å². The second kappa shape index (κ2) is 13.9. The van der Waals surface area contributed by atoms with Gasteiger partial charge in [-0.05, 0) is 37.1 Å². The van der Waals surface area contributed by atoms with Crippen molar-refractivity contribution in [1.29, 1.82) is 0 Å². The summed E-state index contributed by atoms with van der Waals surface area (Å²) in [6, 6.07) is 5.23. The zero-order valence-electron chi connectivity index (χ0n) is 15.2. The van der Waals surface area contributed by atoms with Crippen LogP contribution in [0.2, 0.25) is 5.02 Å². The van der Waals surface area contributed by atoms with Gasteiger partial charge in [-0.25, -0.2) is 4.79 Å². The van der Waals surface area contributed by atoms with E-state index in [2.05, 4.69) is 6.92 Å². The molecule has 25 heavy (non-hydrogen) atoms. The van der Waals surface area contributed by atoms with E-state index in [1.54, 1.807) is 18.2 Å². The molecule has 1 rings (SSSR count). The summed E-state index contributed by atoms with van der Waals surface area (Å²) in [5, 5.41) is 0.634. The summed E-state index contributed by atoms with van der Waals surface area (Å²) in [6.45, 7) is 6.33. The molecule has 142 valence electrons. The minimum absolute atomic E-state index is 0.136. The minimum atomic E-state index is -0.426. The number of ether oxygens (including phenoxy) is 4. The van der Waals surface area contributed by atoms with Gasteiger partial charge < -0.3 is 18.9 Å². The molecule has 5 nitrogen and oxygen atoms in total. The van der Waals surface area contributed by atoms with Crippen molar-refractivity contribution in [3.63, 3.8) is 0 Å². The smallest absolute Gasteiger partial charge is 0.344 e. The first-order valence-corrected chi connectivity index (χ1v) is 9.21. The van der Waals surface area contributed by atoms with Crippen LogP contribution in [-0.4, -0.2) is 45.6 Å². The number of benzene rings is 1. The SMILES string of the molecule is CCCCCCOCCOCCOC(=O)COc1ccc(Cl)cc1C. The molecule has 0 heterocycles. The van der Waals surface area contributed by atoms with Crippen LogP contribution < -0.4 is 4.74 Å². The first-order valence-electron chi connectivity index (χ1n) is 8.83. The molecular formula is C19H29ClO5. The van der Waals surface area contributed by atoms with Crippen molar-refractivity contribution in [2.45, 2.75) is 39.5 Å². The summed E-state index contributed by atoms with van der Waals surface area (Å²) >= 11 is 5.87. The number of hydrogen-bond acceptors (Lipinski definition) is 5. The van der Waals surface area contributed by atoms with Crippen molar-refractivity contribution in [3.8, 4) is 5.75 Å². The standard InChI is InChI=1S/C19H29ClO5/c1-3-4-5-6-9-22-10-11-23-12-13-24-19(21)15-25-18-8-7-17(20)14-16(18)2/h7-8,14H,3-6,9-13,15H2,1-2H3. The molecule has 0 aliphatic rings. The number of esters is 1. The number of halogens is 1. The first-order chi connectivity index (χ1) is 12.1. The van der Waals surface area contributed by atoms with Crippen LogP contribution in [0.15, 0.2) is 18.2 Å². The highest BCUT2D eigenvalue weighted by Gasteiger charge is 2.06. The van der Waals surface area contributed by atoms with E-state index in [1.807, 2.05) is 6.92 Å². The van der Waals surface area contributed by atoms with Crippen LogP contribution in [0.5, 0.6) is 5.75 Å². The third-order valence-corrected chi connectivity index (χ3v) is 3.72. The van der Waals surface area contributed by atoms with Crippen LogP contribution >= 0.6 is 11.6 Å². The monoisotopic (exact) mass is 372 g/mol. The van der Waals surface area contributed by atoms with Crippen LogP contribution in [0.25, 0.3) is 0 Å². The van der Waals surface area contributed by atoms with Gasteiger partial charge >= 0.3 is 5.97 Å². The summed E-state index contributed by atoms with van der Waals surface area (Å²) in [5.41, 5.74) is 0.873. The zero-order valence-corrected chi connectivity index (χ0v) is 16.0. The number of unbranched alkanes of at least 4 members (excludes halogenated alkanes) is 3. The van der Waals surface area contributed by atoms with Crippen LogP contribution in [0.4, 0.5) is 0 Å². The van der Waals surface area contributed by atoms with Gasteiger partial charge in [0.15, 0.2) is 6.61 Å². The quantitative estimate of drug-likeness (QED) is 0.362. The topological polar surface area (TPSA) is 54.0 Å². The van der Waals surface area contributed by atoms with Crippen LogP contribution in [0, 0.1) is 6.92 Å². The summed E-state index contributed by atoms with van der Waals surface area (Å²) in [7, 11) is 0. The lowest BCUT2D eigenvalue weighted by atomic mass is 10.2. The van der Waals surface area contributed by atoms with Crippen molar-refractivity contribution in [2.75, 3.05) is 39.6 Å². The molecule has 0 unspecified atom stereocenters. The Balaban J connectivity index is 1.95. The van der Waals surface area contributed by atoms with Crippen molar-refractivity contribution >= 4 is 17.6 Å². The average Bonchev–Trinajstić information content (AvgIpc) is 2.59. The fraction of sp³-hybridized carbons (Fsp3) is 0.632. The second-order valence-corrected chi connectivity index (χ2v) is 6.14. The molecule has 0 aromatic heterocycles. The molecule has 0 aliphatic heterocycles. The van der Waals surface area contributed by atoms with Gasteiger partial charge in [0.1, 0.15) is 12.4 Å². The molecular weight excluding hydrogens is 344 g/mol. The van der Waals surface area contributed by atoms with Gasteiger partial charge in [-0.15, -0.1) is 0 Å². The Labute approximate surface area is 155 Å². The molecule has 0 radical (unpaired) electrons. The normalized spacial score (nSPS) is 10.7. The van der Waals surface area contributed by atoms with Gasteiger partial charge in [-0.3, -0.25) is 0 Å². The Morgan fingerprint density at radius 1 is 1.00 bits per heavy atom. The van der Waals surface area contributed by atoms with E-state index < -0.39 is 5.97 Å². The van der Waals surface area contributed by atoms with Crippen molar-refractivity contribution < 1.29 is 23.7 Å². The number of aryl methyl sites for hydroxylation is 1. The predicted octanol–water partition coefficient (Wildman–Crippen LogP) is 4.18. The van der Waals surface area contributed by atoms with E-state index in [-0.39, 0.29) is 13.2 Å². The van der Waals surface area contributed by atoms with Crippen LogP contribution in [0.3, 0.4) is 0 Å². The van der Waals surface area contributed by atoms with Crippen molar-refractivity contribution in [3.05, 3.63) is 28.8 Å². The van der Waals surface area contributed by atoms with E-state index in [1.165, 1.54) is 19.3 Å². The molecule has 0 aliphatic carbocycles. The van der Waals surface area contributed by atoms with E-state index in [0.717, 1.165) is 18.6 Å². The summed E-state index contributed by atoms with van der Waals surface area (Å²) in [6.07, 6.45) is 4.79. The molecule has 0 spiro atoms. The van der Waals surface area contributed by atoms with Crippen molar-refractivity contribution in [2.24, 2.45) is 0 Å². The molecule has 1 aromatic rings. The molecule has 0 N–H and O–H groups in total. The lowest BCUT2D eigenvalue weighted by Gasteiger charge is -2.10. The highest BCUT2D eigenvalue weighted by molar-refractivity contribution is 6.30. The third-order valence-electron chi connectivity index (χ3n) is 3.49. The molecule has 0 bridgehead atoms. The number of carbonyl (C=O) groups excluding carboxylic acids is 1. The predicted molar refractivity (Wildman–Crippen MR) is 98.4 cm³/mol. The fourth-order valence-electron chi connectivity index (χ4n) is 2.12. The maximum atomic E-state index is 11.6.